The fraction of sp³-hybridized carbons (Fsp3) is 0.308. The summed E-state index contributed by atoms with van der Waals surface area (Å²) in [6.07, 6.45) is 3.00. The van der Waals surface area contributed by atoms with Crippen molar-refractivity contribution in [2.45, 2.75) is 26.2 Å². The summed E-state index contributed by atoms with van der Waals surface area (Å²) in [7, 11) is 1.55. The quantitative estimate of drug-likeness (QED) is 0.457. The molecular formula is C26H27N5O4. The topological polar surface area (TPSA) is 102 Å². The van der Waals surface area contributed by atoms with Crippen LogP contribution in [0.5, 0.6) is 11.5 Å². The zero-order chi connectivity index (χ0) is 24.4. The van der Waals surface area contributed by atoms with Gasteiger partial charge in [0, 0.05) is 18.7 Å². The molecule has 0 atom stereocenters. The molecule has 180 valence electrons. The number of carbonyl (C=O) groups is 1. The number of aromatic amines is 1. The first-order chi connectivity index (χ1) is 17.1. The van der Waals surface area contributed by atoms with E-state index < -0.39 is 5.69 Å². The van der Waals surface area contributed by atoms with Gasteiger partial charge in [0.15, 0.2) is 17.2 Å². The molecule has 0 aliphatic carbocycles. The van der Waals surface area contributed by atoms with Crippen LogP contribution in [0.15, 0.2) is 53.3 Å². The van der Waals surface area contributed by atoms with Gasteiger partial charge in [-0.15, -0.1) is 0 Å². The van der Waals surface area contributed by atoms with Crippen molar-refractivity contribution in [2.75, 3.05) is 26.8 Å². The Bertz CT molecular complexity index is 1420. The molecule has 0 unspecified atom stereocenters. The van der Waals surface area contributed by atoms with Crippen LogP contribution in [0.1, 0.15) is 36.7 Å². The second-order valence-electron chi connectivity index (χ2n) is 8.34. The summed E-state index contributed by atoms with van der Waals surface area (Å²) in [5, 5.41) is 0. The lowest BCUT2D eigenvalue weighted by Crippen LogP contribution is -2.36. The van der Waals surface area contributed by atoms with Crippen LogP contribution < -0.4 is 15.2 Å². The second-order valence-corrected chi connectivity index (χ2v) is 8.34. The number of methoxy groups -OCH3 is 1. The van der Waals surface area contributed by atoms with Gasteiger partial charge in [-0.2, -0.15) is 0 Å². The smallest absolute Gasteiger partial charge is 0.332 e. The summed E-state index contributed by atoms with van der Waals surface area (Å²) < 4.78 is 12.5. The lowest BCUT2D eigenvalue weighted by molar-refractivity contribution is 0.0720. The highest BCUT2D eigenvalue weighted by atomic mass is 16.5. The summed E-state index contributed by atoms with van der Waals surface area (Å²) in [5.41, 5.74) is 1.63. The normalized spacial score (nSPS) is 13.7. The van der Waals surface area contributed by atoms with Crippen LogP contribution >= 0.6 is 0 Å². The van der Waals surface area contributed by atoms with Gasteiger partial charge in [0.05, 0.1) is 19.4 Å². The first-order valence-corrected chi connectivity index (χ1v) is 11.8. The van der Waals surface area contributed by atoms with E-state index >= 15 is 0 Å². The van der Waals surface area contributed by atoms with Crippen molar-refractivity contribution < 1.29 is 14.3 Å². The number of benzene rings is 2. The first-order valence-electron chi connectivity index (χ1n) is 11.8. The number of amides is 1. The number of aromatic nitrogens is 4. The van der Waals surface area contributed by atoms with E-state index in [1.165, 1.54) is 4.57 Å². The molecule has 0 spiro atoms. The highest BCUT2D eigenvalue weighted by Crippen LogP contribution is 2.28. The number of fused-ring (bicyclic) bond motifs is 1. The maximum absolute atomic E-state index is 13.6. The lowest BCUT2D eigenvalue weighted by atomic mass is 10.1. The number of nitrogens with one attached hydrogen (secondary N) is 1. The van der Waals surface area contributed by atoms with Crippen LogP contribution in [0.4, 0.5) is 0 Å². The number of rotatable bonds is 6. The van der Waals surface area contributed by atoms with E-state index in [2.05, 4.69) is 9.97 Å². The maximum atomic E-state index is 13.6. The van der Waals surface area contributed by atoms with E-state index in [0.29, 0.717) is 53.7 Å². The van der Waals surface area contributed by atoms with Crippen molar-refractivity contribution in [1.82, 2.24) is 24.4 Å². The standard InChI is InChI=1S/C26H27N5O4/c1-3-35-18-13-11-17(12-14-18)23-27-22(25(32)30-15-7-4-8-16-30)21-24(29-23)31(26(33)28-21)19-9-5-6-10-20(19)34-2/h5-6,9-14H,3-4,7-8,15-16H2,1-2H3,(H,28,33). The Labute approximate surface area is 202 Å². The fourth-order valence-electron chi connectivity index (χ4n) is 4.42. The number of piperidine rings is 1. The van der Waals surface area contributed by atoms with E-state index in [1.807, 2.05) is 43.3 Å². The molecule has 1 fully saturated rings. The third kappa shape index (κ3) is 4.25. The largest absolute Gasteiger partial charge is 0.495 e. The summed E-state index contributed by atoms with van der Waals surface area (Å²) in [5.74, 6) is 1.39. The van der Waals surface area contributed by atoms with Crippen LogP contribution in [0, 0.1) is 0 Å². The summed E-state index contributed by atoms with van der Waals surface area (Å²) >= 11 is 0. The number of H-pyrrole nitrogens is 1. The number of likely N-dealkylation sites (tertiary alicyclic amines) is 1. The summed E-state index contributed by atoms with van der Waals surface area (Å²) in [6, 6.07) is 14.6. The highest BCUT2D eigenvalue weighted by Gasteiger charge is 2.26. The van der Waals surface area contributed by atoms with Crippen molar-refractivity contribution in [3.05, 3.63) is 64.7 Å². The molecule has 35 heavy (non-hydrogen) atoms. The fourth-order valence-corrected chi connectivity index (χ4v) is 4.42. The Kier molecular flexibility index (Phi) is 6.22. The average Bonchev–Trinajstić information content (AvgIpc) is 3.24. The van der Waals surface area contributed by atoms with Crippen LogP contribution in [-0.2, 0) is 0 Å². The zero-order valence-corrected chi connectivity index (χ0v) is 19.8. The van der Waals surface area contributed by atoms with E-state index in [9.17, 15) is 9.59 Å². The van der Waals surface area contributed by atoms with Crippen molar-refractivity contribution in [3.63, 3.8) is 0 Å². The second kappa shape index (κ2) is 9.61. The van der Waals surface area contributed by atoms with Gasteiger partial charge in [-0.1, -0.05) is 12.1 Å². The molecule has 1 saturated heterocycles. The van der Waals surface area contributed by atoms with Crippen molar-refractivity contribution in [3.8, 4) is 28.6 Å². The predicted octanol–water partition coefficient (Wildman–Crippen LogP) is 3.81. The number of hydrogen-bond acceptors (Lipinski definition) is 6. The molecule has 2 aromatic heterocycles. The van der Waals surface area contributed by atoms with Gasteiger partial charge in [-0.3, -0.25) is 4.79 Å². The Morgan fingerprint density at radius 2 is 1.77 bits per heavy atom. The van der Waals surface area contributed by atoms with E-state index in [0.717, 1.165) is 25.0 Å². The van der Waals surface area contributed by atoms with E-state index in [4.69, 9.17) is 14.5 Å². The monoisotopic (exact) mass is 473 g/mol. The molecule has 1 aliphatic heterocycles. The number of imidazole rings is 1. The minimum absolute atomic E-state index is 0.187. The highest BCUT2D eigenvalue weighted by molar-refractivity contribution is 6.03. The molecule has 0 radical (unpaired) electrons. The summed E-state index contributed by atoms with van der Waals surface area (Å²) in [6.45, 7) is 3.82. The SMILES string of the molecule is CCOc1ccc(-c2nc(C(=O)N3CCCCC3)c3[nH]c(=O)n(-c4ccccc4OC)c3n2)cc1. The van der Waals surface area contributed by atoms with Crippen LogP contribution in [-0.4, -0.2) is 57.1 Å². The third-order valence-electron chi connectivity index (χ3n) is 6.13. The van der Waals surface area contributed by atoms with Gasteiger partial charge < -0.3 is 19.4 Å². The maximum Gasteiger partial charge on any atom is 0.332 e. The molecule has 1 N–H and O–H groups in total. The van der Waals surface area contributed by atoms with Crippen LogP contribution in [0.25, 0.3) is 28.2 Å². The van der Waals surface area contributed by atoms with Crippen molar-refractivity contribution in [2.24, 2.45) is 0 Å². The molecule has 1 amide bonds. The molecule has 9 nitrogen and oxygen atoms in total. The molecule has 0 bridgehead atoms. The van der Waals surface area contributed by atoms with Gasteiger partial charge in [0.25, 0.3) is 5.91 Å². The molecule has 4 aromatic rings. The molecule has 1 aliphatic rings. The minimum atomic E-state index is -0.421. The Hall–Kier alpha value is -4.14. The Balaban J connectivity index is 1.73. The zero-order valence-electron chi connectivity index (χ0n) is 19.8. The predicted molar refractivity (Wildman–Crippen MR) is 132 cm³/mol. The lowest BCUT2D eigenvalue weighted by Gasteiger charge is -2.26. The Morgan fingerprint density at radius 3 is 2.49 bits per heavy atom. The molecular weight excluding hydrogens is 446 g/mol. The molecule has 3 heterocycles. The molecule has 9 heteroatoms. The number of nitrogens with zero attached hydrogens (tertiary/aromatic N) is 4. The van der Waals surface area contributed by atoms with Gasteiger partial charge in [0.2, 0.25) is 0 Å². The number of ether oxygens (including phenoxy) is 2. The average molecular weight is 474 g/mol. The molecule has 5 rings (SSSR count). The van der Waals surface area contributed by atoms with Gasteiger partial charge in [-0.05, 0) is 62.6 Å². The third-order valence-corrected chi connectivity index (χ3v) is 6.13. The molecule has 0 saturated carbocycles. The van der Waals surface area contributed by atoms with Crippen molar-refractivity contribution in [1.29, 1.82) is 0 Å². The van der Waals surface area contributed by atoms with Crippen molar-refractivity contribution >= 4 is 17.1 Å². The van der Waals surface area contributed by atoms with Gasteiger partial charge in [-0.25, -0.2) is 19.3 Å². The van der Waals surface area contributed by atoms with Gasteiger partial charge >= 0.3 is 5.69 Å². The minimum Gasteiger partial charge on any atom is -0.495 e. The summed E-state index contributed by atoms with van der Waals surface area (Å²) in [4.78, 5) is 40.8. The van der Waals surface area contributed by atoms with Crippen LogP contribution in [0.2, 0.25) is 0 Å². The Morgan fingerprint density at radius 1 is 1.03 bits per heavy atom. The first kappa shape index (κ1) is 22.6. The van der Waals surface area contributed by atoms with E-state index in [-0.39, 0.29) is 11.6 Å². The molecule has 2 aromatic carbocycles. The number of para-hydroxylation sites is 2. The van der Waals surface area contributed by atoms with E-state index in [1.54, 1.807) is 24.1 Å². The number of carbonyl (C=O) groups excluding carboxylic acids is 1. The van der Waals surface area contributed by atoms with Crippen LogP contribution in [0.3, 0.4) is 0 Å². The number of hydrogen-bond donors (Lipinski definition) is 1. The van der Waals surface area contributed by atoms with Gasteiger partial charge in [0.1, 0.15) is 17.0 Å².